The van der Waals surface area contributed by atoms with Crippen molar-refractivity contribution >= 4 is 21.8 Å². The van der Waals surface area contributed by atoms with Gasteiger partial charge in [-0.05, 0) is 36.1 Å². The zero-order valence-electron chi connectivity index (χ0n) is 22.3. The van der Waals surface area contributed by atoms with E-state index in [1.807, 2.05) is 25.1 Å². The lowest BCUT2D eigenvalue weighted by Crippen LogP contribution is -2.51. The summed E-state index contributed by atoms with van der Waals surface area (Å²) in [6.45, 7) is 10.4. The highest BCUT2D eigenvalue weighted by atomic mass is 32.2. The largest absolute Gasteiger partial charge is 0.493 e. The van der Waals surface area contributed by atoms with E-state index in [9.17, 15) is 18.0 Å². The predicted molar refractivity (Wildman–Crippen MR) is 144 cm³/mol. The van der Waals surface area contributed by atoms with Crippen LogP contribution in [0.3, 0.4) is 0 Å². The maximum absolute atomic E-state index is 13.3. The highest BCUT2D eigenvalue weighted by molar-refractivity contribution is 7.89. The number of nitrogens with one attached hydrogen (secondary N) is 3. The summed E-state index contributed by atoms with van der Waals surface area (Å²) in [4.78, 5) is 25.8. The van der Waals surface area contributed by atoms with E-state index in [1.54, 1.807) is 12.1 Å². The van der Waals surface area contributed by atoms with E-state index >= 15 is 0 Å². The van der Waals surface area contributed by atoms with Gasteiger partial charge in [0.1, 0.15) is 11.8 Å². The van der Waals surface area contributed by atoms with Gasteiger partial charge in [-0.25, -0.2) is 8.42 Å². The number of amides is 2. The Morgan fingerprint density at radius 1 is 1.16 bits per heavy atom. The molecule has 2 heterocycles. The molecule has 4 rings (SSSR count). The van der Waals surface area contributed by atoms with Crippen molar-refractivity contribution in [2.75, 3.05) is 13.2 Å². The van der Waals surface area contributed by atoms with Crippen molar-refractivity contribution in [3.05, 3.63) is 71.6 Å². The van der Waals surface area contributed by atoms with Crippen LogP contribution < -0.4 is 20.7 Å². The summed E-state index contributed by atoms with van der Waals surface area (Å²) in [6, 6.07) is 10.8. The summed E-state index contributed by atoms with van der Waals surface area (Å²) in [5.74, 6) is -0.255. The first-order valence-electron chi connectivity index (χ1n) is 12.8. The Morgan fingerprint density at radius 2 is 1.89 bits per heavy atom. The van der Waals surface area contributed by atoms with Crippen molar-refractivity contribution in [2.24, 2.45) is 5.41 Å². The Labute approximate surface area is 224 Å². The minimum absolute atomic E-state index is 0.0546. The third-order valence-corrected chi connectivity index (χ3v) is 8.27. The molecule has 0 unspecified atom stereocenters. The molecule has 0 spiro atoms. The molecule has 0 fully saturated rings. The van der Waals surface area contributed by atoms with Gasteiger partial charge in [0.15, 0.2) is 0 Å². The maximum Gasteiger partial charge on any atom is 0.264 e. The molecule has 2 aliphatic heterocycles. The van der Waals surface area contributed by atoms with Crippen molar-refractivity contribution in [3.63, 3.8) is 0 Å². The fourth-order valence-electron chi connectivity index (χ4n) is 4.48. The van der Waals surface area contributed by atoms with Crippen molar-refractivity contribution in [3.8, 4) is 5.75 Å². The lowest BCUT2D eigenvalue weighted by Gasteiger charge is -2.32. The average molecular weight is 541 g/mol. The Hall–Kier alpha value is -3.37. The van der Waals surface area contributed by atoms with Crippen LogP contribution in [0.15, 0.2) is 59.8 Å². The molecule has 0 aromatic heterocycles. The van der Waals surface area contributed by atoms with E-state index in [4.69, 9.17) is 4.74 Å². The topological polar surface area (TPSA) is 117 Å². The van der Waals surface area contributed by atoms with Gasteiger partial charge in [0.05, 0.1) is 24.0 Å². The molecule has 0 saturated heterocycles. The van der Waals surface area contributed by atoms with Crippen LogP contribution in [0.5, 0.6) is 5.75 Å². The van der Waals surface area contributed by atoms with E-state index in [0.29, 0.717) is 19.6 Å². The van der Waals surface area contributed by atoms with Crippen LogP contribution in [0.4, 0.5) is 0 Å². The van der Waals surface area contributed by atoms with E-state index < -0.39 is 27.9 Å². The SMILES string of the molecule is Cc1ccc(S(=O)(=O)N2C=CNC(=O)[C@H]2CC(=O)N[C@@H]2CCOc3cc(CNCC(C)(C)C)ccc32)cc1. The first-order chi connectivity index (χ1) is 17.9. The number of ether oxygens (including phenoxy) is 1. The molecule has 0 aliphatic carbocycles. The summed E-state index contributed by atoms with van der Waals surface area (Å²) >= 11 is 0. The number of hydrogen-bond donors (Lipinski definition) is 3. The summed E-state index contributed by atoms with van der Waals surface area (Å²) in [5.41, 5.74) is 3.04. The first-order valence-corrected chi connectivity index (χ1v) is 14.2. The predicted octanol–water partition coefficient (Wildman–Crippen LogP) is 3.12. The molecular formula is C28H36N4O5S. The molecule has 2 aliphatic rings. The number of nitrogens with zero attached hydrogens (tertiary/aromatic N) is 1. The monoisotopic (exact) mass is 540 g/mol. The zero-order valence-corrected chi connectivity index (χ0v) is 23.1. The number of benzene rings is 2. The number of hydrogen-bond acceptors (Lipinski definition) is 6. The van der Waals surface area contributed by atoms with Crippen molar-refractivity contribution in [1.82, 2.24) is 20.3 Å². The fourth-order valence-corrected chi connectivity index (χ4v) is 5.93. The zero-order chi connectivity index (χ0) is 27.5. The van der Waals surface area contributed by atoms with Crippen LogP contribution in [0.2, 0.25) is 0 Å². The van der Waals surface area contributed by atoms with Crippen molar-refractivity contribution < 1.29 is 22.7 Å². The smallest absolute Gasteiger partial charge is 0.264 e. The lowest BCUT2D eigenvalue weighted by molar-refractivity contribution is -0.129. The quantitative estimate of drug-likeness (QED) is 0.474. The number of fused-ring (bicyclic) bond motifs is 1. The molecule has 0 saturated carbocycles. The van der Waals surface area contributed by atoms with Crippen LogP contribution >= 0.6 is 0 Å². The molecule has 38 heavy (non-hydrogen) atoms. The summed E-state index contributed by atoms with van der Waals surface area (Å²) in [6.07, 6.45) is 2.81. The molecule has 9 nitrogen and oxygen atoms in total. The highest BCUT2D eigenvalue weighted by Gasteiger charge is 2.37. The van der Waals surface area contributed by atoms with Gasteiger partial charge < -0.3 is 20.7 Å². The van der Waals surface area contributed by atoms with Gasteiger partial charge in [-0.1, -0.05) is 50.6 Å². The van der Waals surface area contributed by atoms with Gasteiger partial charge in [0.2, 0.25) is 11.8 Å². The van der Waals surface area contributed by atoms with Crippen LogP contribution in [0.1, 0.15) is 56.3 Å². The Bertz CT molecular complexity index is 1320. The van der Waals surface area contributed by atoms with Crippen LogP contribution in [0.25, 0.3) is 0 Å². The third-order valence-electron chi connectivity index (χ3n) is 6.47. The third kappa shape index (κ3) is 6.54. The first kappa shape index (κ1) is 27.7. The molecule has 3 N–H and O–H groups in total. The van der Waals surface area contributed by atoms with Gasteiger partial charge in [0.25, 0.3) is 10.0 Å². The number of carbonyl (C=O) groups is 2. The Kier molecular flexibility index (Phi) is 8.13. The molecule has 2 aromatic carbocycles. The number of sulfonamides is 1. The molecule has 204 valence electrons. The lowest BCUT2D eigenvalue weighted by atomic mass is 9.96. The van der Waals surface area contributed by atoms with Crippen molar-refractivity contribution in [2.45, 2.75) is 64.1 Å². The van der Waals surface area contributed by atoms with Crippen LogP contribution in [-0.2, 0) is 26.2 Å². The molecule has 2 aromatic rings. The molecular weight excluding hydrogens is 504 g/mol. The minimum atomic E-state index is -4.03. The second-order valence-electron chi connectivity index (χ2n) is 11.0. The van der Waals surface area contributed by atoms with Crippen molar-refractivity contribution in [1.29, 1.82) is 0 Å². The molecule has 0 bridgehead atoms. The van der Waals surface area contributed by atoms with Gasteiger partial charge in [-0.15, -0.1) is 0 Å². The fraction of sp³-hybridized carbons (Fsp3) is 0.429. The second-order valence-corrected chi connectivity index (χ2v) is 12.8. The molecule has 2 amide bonds. The molecule has 0 radical (unpaired) electrons. The minimum Gasteiger partial charge on any atom is -0.493 e. The van der Waals surface area contributed by atoms with E-state index in [0.717, 1.165) is 33.3 Å². The van der Waals surface area contributed by atoms with E-state index in [2.05, 4.69) is 36.7 Å². The second kappa shape index (κ2) is 11.2. The summed E-state index contributed by atoms with van der Waals surface area (Å²) < 4.78 is 33.4. The van der Waals surface area contributed by atoms with Gasteiger partial charge in [-0.2, -0.15) is 0 Å². The highest BCUT2D eigenvalue weighted by Crippen LogP contribution is 2.33. The normalized spacial score (nSPS) is 19.4. The Balaban J connectivity index is 1.45. The maximum atomic E-state index is 13.3. The van der Waals surface area contributed by atoms with E-state index in [-0.39, 0.29) is 22.8 Å². The van der Waals surface area contributed by atoms with Crippen LogP contribution in [-0.4, -0.2) is 43.7 Å². The summed E-state index contributed by atoms with van der Waals surface area (Å²) in [7, 11) is -4.03. The van der Waals surface area contributed by atoms with E-state index in [1.165, 1.54) is 24.5 Å². The average Bonchev–Trinajstić information content (AvgIpc) is 2.85. The standard InChI is InChI=1S/C28H36N4O5S/c1-19-5-8-21(9-6-19)38(35,36)32-13-12-30-27(34)24(32)16-26(33)31-23-11-14-37-25-15-20(7-10-22(23)25)17-29-18-28(2,3)4/h5-10,12-13,15,23-24,29H,11,14,16-18H2,1-4H3,(H,30,34)(H,31,33)/t23-,24-/m1/s1. The molecule has 10 heteroatoms. The molecule has 2 atom stereocenters. The number of rotatable bonds is 8. The summed E-state index contributed by atoms with van der Waals surface area (Å²) in [5, 5.41) is 8.95. The van der Waals surface area contributed by atoms with Gasteiger partial charge in [0, 0.05) is 37.5 Å². The Morgan fingerprint density at radius 3 is 2.61 bits per heavy atom. The van der Waals surface area contributed by atoms with Crippen LogP contribution in [0, 0.1) is 12.3 Å². The number of aryl methyl sites for hydroxylation is 1. The number of carbonyl (C=O) groups excluding carboxylic acids is 2. The van der Waals surface area contributed by atoms with Gasteiger partial charge in [-0.3, -0.25) is 13.9 Å². The van der Waals surface area contributed by atoms with Gasteiger partial charge >= 0.3 is 0 Å².